The summed E-state index contributed by atoms with van der Waals surface area (Å²) in [7, 11) is 1.58. The molecule has 7 heteroatoms. The Labute approximate surface area is 169 Å². The number of H-pyrrole nitrogens is 1. The minimum atomic E-state index is -0.220. The van der Waals surface area contributed by atoms with Gasteiger partial charge in [0.15, 0.2) is 0 Å². The first-order chi connectivity index (χ1) is 14.1. The third-order valence-corrected chi connectivity index (χ3v) is 4.43. The molecule has 1 heterocycles. The summed E-state index contributed by atoms with van der Waals surface area (Å²) in [6.45, 7) is 3.60. The van der Waals surface area contributed by atoms with Crippen molar-refractivity contribution < 1.29 is 14.3 Å². The number of carbonyl (C=O) groups excluding carboxylic acids is 1. The van der Waals surface area contributed by atoms with Crippen LogP contribution < -0.4 is 10.3 Å². The van der Waals surface area contributed by atoms with Gasteiger partial charge in [-0.05, 0) is 42.8 Å². The van der Waals surface area contributed by atoms with Gasteiger partial charge in [-0.3, -0.25) is 9.59 Å². The fourth-order valence-corrected chi connectivity index (χ4v) is 2.94. The lowest BCUT2D eigenvalue weighted by atomic mass is 10.2. The first-order valence-electron chi connectivity index (χ1n) is 9.61. The van der Waals surface area contributed by atoms with Gasteiger partial charge in [-0.1, -0.05) is 19.1 Å². The number of para-hydroxylation sites is 1. The molecule has 0 saturated carbocycles. The molecule has 0 aliphatic heterocycles. The molecule has 1 aromatic heterocycles. The Balaban J connectivity index is 1.82. The van der Waals surface area contributed by atoms with Crippen LogP contribution in [0.1, 0.15) is 29.5 Å². The third kappa shape index (κ3) is 5.20. The molecule has 0 radical (unpaired) electrons. The van der Waals surface area contributed by atoms with Crippen molar-refractivity contribution in [3.8, 4) is 5.75 Å². The molecule has 0 bridgehead atoms. The number of carbonyl (C=O) groups is 1. The zero-order valence-electron chi connectivity index (χ0n) is 16.7. The number of aromatic amines is 1. The number of nitrogens with one attached hydrogen (secondary N) is 1. The zero-order chi connectivity index (χ0) is 20.6. The van der Waals surface area contributed by atoms with Crippen molar-refractivity contribution in [3.63, 3.8) is 0 Å². The van der Waals surface area contributed by atoms with E-state index in [1.165, 1.54) is 0 Å². The van der Waals surface area contributed by atoms with Crippen LogP contribution in [0.2, 0.25) is 0 Å². The highest BCUT2D eigenvalue weighted by Gasteiger charge is 2.18. The normalized spacial score (nSPS) is 10.8. The number of methoxy groups -OCH3 is 1. The molecule has 1 amide bonds. The zero-order valence-corrected chi connectivity index (χ0v) is 16.7. The third-order valence-electron chi connectivity index (χ3n) is 4.43. The molecular weight excluding hydrogens is 370 g/mol. The van der Waals surface area contributed by atoms with Crippen LogP contribution in [0.4, 0.5) is 0 Å². The molecule has 29 heavy (non-hydrogen) atoms. The van der Waals surface area contributed by atoms with E-state index in [-0.39, 0.29) is 18.0 Å². The van der Waals surface area contributed by atoms with E-state index < -0.39 is 0 Å². The van der Waals surface area contributed by atoms with Crippen LogP contribution in [0.25, 0.3) is 10.9 Å². The van der Waals surface area contributed by atoms with E-state index in [0.717, 1.165) is 12.2 Å². The van der Waals surface area contributed by atoms with Gasteiger partial charge in [-0.2, -0.15) is 0 Å². The molecule has 0 fully saturated rings. The fourth-order valence-electron chi connectivity index (χ4n) is 2.94. The van der Waals surface area contributed by atoms with Crippen LogP contribution in [-0.4, -0.2) is 47.6 Å². The average molecular weight is 395 g/mol. The molecule has 0 aliphatic carbocycles. The first kappa shape index (κ1) is 20.5. The van der Waals surface area contributed by atoms with E-state index >= 15 is 0 Å². The van der Waals surface area contributed by atoms with Gasteiger partial charge in [0.05, 0.1) is 30.7 Å². The Morgan fingerprint density at radius 2 is 1.86 bits per heavy atom. The Morgan fingerprint density at radius 3 is 2.59 bits per heavy atom. The number of amides is 1. The van der Waals surface area contributed by atoms with Crippen molar-refractivity contribution in [2.24, 2.45) is 0 Å². The first-order valence-corrected chi connectivity index (χ1v) is 9.61. The Hall–Kier alpha value is -3.19. The Morgan fingerprint density at radius 1 is 1.10 bits per heavy atom. The summed E-state index contributed by atoms with van der Waals surface area (Å²) in [6.07, 6.45) is 0.919. The van der Waals surface area contributed by atoms with E-state index in [0.29, 0.717) is 42.0 Å². The smallest absolute Gasteiger partial charge is 0.258 e. The summed E-state index contributed by atoms with van der Waals surface area (Å²) in [5, 5.41) is 0.522. The SMILES string of the molecule is CCCOc1ccc(C(=O)N(CCOC)Cc2nc3ccccc3c(=O)[nH]2)cc1. The van der Waals surface area contributed by atoms with Crippen molar-refractivity contribution >= 4 is 16.8 Å². The summed E-state index contributed by atoms with van der Waals surface area (Å²) in [6, 6.07) is 14.2. The number of hydrogen-bond donors (Lipinski definition) is 1. The van der Waals surface area contributed by atoms with E-state index in [2.05, 4.69) is 9.97 Å². The molecule has 1 N–H and O–H groups in total. The minimum Gasteiger partial charge on any atom is -0.494 e. The van der Waals surface area contributed by atoms with Gasteiger partial charge in [0.2, 0.25) is 0 Å². The maximum Gasteiger partial charge on any atom is 0.258 e. The molecule has 0 unspecified atom stereocenters. The molecule has 2 aromatic carbocycles. The van der Waals surface area contributed by atoms with E-state index in [1.807, 2.05) is 13.0 Å². The van der Waals surface area contributed by atoms with E-state index in [1.54, 1.807) is 54.5 Å². The van der Waals surface area contributed by atoms with Gasteiger partial charge in [0.25, 0.3) is 11.5 Å². The van der Waals surface area contributed by atoms with Crippen LogP contribution in [0.5, 0.6) is 5.75 Å². The Bertz CT molecular complexity index is 1010. The number of fused-ring (bicyclic) bond motifs is 1. The maximum atomic E-state index is 13.0. The van der Waals surface area contributed by atoms with Crippen LogP contribution in [0, 0.1) is 0 Å². The van der Waals surface area contributed by atoms with Crippen molar-refractivity contribution in [1.29, 1.82) is 0 Å². The standard InChI is InChI=1S/C22H25N3O4/c1-3-13-29-17-10-8-16(9-11-17)22(27)25(12-14-28-2)15-20-23-19-7-5-4-6-18(19)21(26)24-20/h4-11H,3,12-15H2,1-2H3,(H,23,24,26). The van der Waals surface area contributed by atoms with E-state index in [9.17, 15) is 9.59 Å². The van der Waals surface area contributed by atoms with Crippen molar-refractivity contribution in [1.82, 2.24) is 14.9 Å². The van der Waals surface area contributed by atoms with Crippen LogP contribution >= 0.6 is 0 Å². The quantitative estimate of drug-likeness (QED) is 0.602. The highest BCUT2D eigenvalue weighted by atomic mass is 16.5. The molecule has 0 atom stereocenters. The van der Waals surface area contributed by atoms with Gasteiger partial charge in [0.1, 0.15) is 11.6 Å². The van der Waals surface area contributed by atoms with Crippen molar-refractivity contribution in [2.45, 2.75) is 19.9 Å². The van der Waals surface area contributed by atoms with Crippen molar-refractivity contribution in [3.05, 3.63) is 70.3 Å². The second kappa shape index (κ2) is 9.84. The van der Waals surface area contributed by atoms with Crippen LogP contribution in [0.15, 0.2) is 53.3 Å². The molecule has 152 valence electrons. The van der Waals surface area contributed by atoms with Gasteiger partial charge in [-0.25, -0.2) is 4.98 Å². The molecule has 7 nitrogen and oxygen atoms in total. The lowest BCUT2D eigenvalue weighted by Gasteiger charge is -2.22. The largest absolute Gasteiger partial charge is 0.494 e. The lowest BCUT2D eigenvalue weighted by molar-refractivity contribution is 0.0675. The summed E-state index contributed by atoms with van der Waals surface area (Å²) in [5.74, 6) is 0.994. The van der Waals surface area contributed by atoms with E-state index in [4.69, 9.17) is 9.47 Å². The number of hydrogen-bond acceptors (Lipinski definition) is 5. The second-order valence-electron chi connectivity index (χ2n) is 6.62. The number of aromatic nitrogens is 2. The fraction of sp³-hybridized carbons (Fsp3) is 0.318. The molecule has 0 aliphatic rings. The van der Waals surface area contributed by atoms with Gasteiger partial charge in [-0.15, -0.1) is 0 Å². The number of nitrogens with zero attached hydrogens (tertiary/aromatic N) is 2. The topological polar surface area (TPSA) is 84.5 Å². The minimum absolute atomic E-state index is 0.167. The highest BCUT2D eigenvalue weighted by Crippen LogP contribution is 2.15. The molecule has 3 rings (SSSR count). The second-order valence-corrected chi connectivity index (χ2v) is 6.62. The predicted molar refractivity (Wildman–Crippen MR) is 111 cm³/mol. The van der Waals surface area contributed by atoms with Crippen LogP contribution in [-0.2, 0) is 11.3 Å². The van der Waals surface area contributed by atoms with Gasteiger partial charge in [0, 0.05) is 19.2 Å². The Kier molecular flexibility index (Phi) is 6.97. The average Bonchev–Trinajstić information content (AvgIpc) is 2.75. The number of rotatable bonds is 9. The number of benzene rings is 2. The number of ether oxygens (including phenoxy) is 2. The predicted octanol–water partition coefficient (Wildman–Crippen LogP) is 3.00. The summed E-state index contributed by atoms with van der Waals surface area (Å²) >= 11 is 0. The lowest BCUT2D eigenvalue weighted by Crippen LogP contribution is -2.34. The molecule has 0 spiro atoms. The molecular formula is C22H25N3O4. The maximum absolute atomic E-state index is 13.0. The van der Waals surface area contributed by atoms with Crippen molar-refractivity contribution in [2.75, 3.05) is 26.9 Å². The summed E-state index contributed by atoms with van der Waals surface area (Å²) < 4.78 is 10.7. The summed E-state index contributed by atoms with van der Waals surface area (Å²) in [4.78, 5) is 34.2. The highest BCUT2D eigenvalue weighted by molar-refractivity contribution is 5.94. The monoisotopic (exact) mass is 395 g/mol. The molecule has 0 saturated heterocycles. The molecule has 3 aromatic rings. The van der Waals surface area contributed by atoms with Gasteiger partial charge >= 0.3 is 0 Å². The summed E-state index contributed by atoms with van der Waals surface area (Å²) in [5.41, 5.74) is 0.915. The van der Waals surface area contributed by atoms with Crippen LogP contribution in [0.3, 0.4) is 0 Å². The van der Waals surface area contributed by atoms with Gasteiger partial charge < -0.3 is 19.4 Å².